The van der Waals surface area contributed by atoms with E-state index in [1.807, 2.05) is 60.2 Å². The second-order valence-corrected chi connectivity index (χ2v) is 14.2. The SMILES string of the molecule is COC(=O)c1c(CCCO)c2ccc(Cl)c(-c3c(CN(C)Cc4cc(CSc5cc(O)c6c(c5)CCC6)n(C)n4)nn(C)c3C)c2n1C. The number of phenols is 1. The van der Waals surface area contributed by atoms with E-state index in [0.29, 0.717) is 42.4 Å². The number of aromatic nitrogens is 5. The topological polar surface area (TPSA) is 111 Å². The third-order valence-corrected chi connectivity index (χ3v) is 10.8. The molecule has 5 aromatic rings. The number of hydrogen-bond acceptors (Lipinski definition) is 8. The van der Waals surface area contributed by atoms with Crippen molar-refractivity contribution in [2.75, 3.05) is 20.8 Å². The van der Waals surface area contributed by atoms with Crippen LogP contribution in [0.2, 0.25) is 5.02 Å². The number of rotatable bonds is 12. The molecule has 0 bridgehead atoms. The monoisotopic (exact) mass is 690 g/mol. The Morgan fingerprint density at radius 3 is 2.62 bits per heavy atom. The number of fused-ring (bicyclic) bond motifs is 2. The second kappa shape index (κ2) is 14.0. The van der Waals surface area contributed by atoms with Crippen LogP contribution in [0.3, 0.4) is 0 Å². The normalized spacial score (nSPS) is 12.9. The van der Waals surface area contributed by atoms with Crippen LogP contribution in [-0.2, 0) is 64.0 Å². The summed E-state index contributed by atoms with van der Waals surface area (Å²) in [5.74, 6) is 0.743. The molecule has 0 spiro atoms. The maximum Gasteiger partial charge on any atom is 0.354 e. The summed E-state index contributed by atoms with van der Waals surface area (Å²) in [5, 5.41) is 31.3. The van der Waals surface area contributed by atoms with Gasteiger partial charge in [0.2, 0.25) is 0 Å². The Labute approximate surface area is 290 Å². The molecule has 254 valence electrons. The van der Waals surface area contributed by atoms with Gasteiger partial charge in [0.15, 0.2) is 0 Å². The quantitative estimate of drug-likeness (QED) is 0.119. The molecule has 6 rings (SSSR count). The third kappa shape index (κ3) is 6.36. The molecule has 2 aromatic carbocycles. The zero-order chi connectivity index (χ0) is 34.3. The number of aromatic hydroxyl groups is 1. The van der Waals surface area contributed by atoms with Crippen LogP contribution in [0.5, 0.6) is 5.75 Å². The molecule has 3 heterocycles. The number of nitrogens with zero attached hydrogens (tertiary/aromatic N) is 6. The van der Waals surface area contributed by atoms with Crippen LogP contribution in [0.25, 0.3) is 22.0 Å². The van der Waals surface area contributed by atoms with Crippen molar-refractivity contribution >= 4 is 40.2 Å². The predicted molar refractivity (Wildman–Crippen MR) is 190 cm³/mol. The van der Waals surface area contributed by atoms with Crippen LogP contribution in [0.15, 0.2) is 35.2 Å². The number of hydrogen-bond donors (Lipinski definition) is 2. The Morgan fingerprint density at radius 1 is 1.08 bits per heavy atom. The van der Waals surface area contributed by atoms with Crippen LogP contribution in [0.4, 0.5) is 0 Å². The summed E-state index contributed by atoms with van der Waals surface area (Å²) < 4.78 is 10.8. The first-order valence-corrected chi connectivity index (χ1v) is 17.6. The zero-order valence-electron chi connectivity index (χ0n) is 28.4. The fourth-order valence-corrected chi connectivity index (χ4v) is 8.34. The molecular weight excluding hydrogens is 648 g/mol. The molecule has 1 aliphatic rings. The first-order valence-electron chi connectivity index (χ1n) is 16.2. The number of benzene rings is 2. The number of esters is 1. The minimum atomic E-state index is -0.426. The summed E-state index contributed by atoms with van der Waals surface area (Å²) in [6, 6.07) is 10.1. The number of aliphatic hydroxyl groups excluding tert-OH is 1. The number of carbonyl (C=O) groups is 1. The Hall–Kier alpha value is -3.77. The molecule has 0 atom stereocenters. The molecule has 48 heavy (non-hydrogen) atoms. The highest BCUT2D eigenvalue weighted by Gasteiger charge is 2.28. The summed E-state index contributed by atoms with van der Waals surface area (Å²) in [5.41, 5.74) is 10.1. The van der Waals surface area contributed by atoms with Crippen molar-refractivity contribution in [1.29, 1.82) is 0 Å². The molecule has 10 nitrogen and oxygen atoms in total. The van der Waals surface area contributed by atoms with Crippen LogP contribution in [0, 0.1) is 6.92 Å². The number of phenolic OH excluding ortho intramolecular Hbond substituents is 1. The van der Waals surface area contributed by atoms with E-state index in [-0.39, 0.29) is 6.61 Å². The average molecular weight is 691 g/mol. The summed E-state index contributed by atoms with van der Waals surface area (Å²) in [6.45, 7) is 3.21. The van der Waals surface area contributed by atoms with Gasteiger partial charge in [0, 0.05) is 79.4 Å². The minimum absolute atomic E-state index is 0.0193. The van der Waals surface area contributed by atoms with Crippen LogP contribution in [0.1, 0.15) is 62.8 Å². The van der Waals surface area contributed by atoms with Gasteiger partial charge in [-0.1, -0.05) is 17.7 Å². The zero-order valence-corrected chi connectivity index (χ0v) is 30.0. The van der Waals surface area contributed by atoms with Crippen LogP contribution >= 0.6 is 23.4 Å². The highest BCUT2D eigenvalue weighted by atomic mass is 35.5. The third-order valence-electron chi connectivity index (χ3n) is 9.46. The molecule has 3 aromatic heterocycles. The van der Waals surface area contributed by atoms with E-state index in [2.05, 4.69) is 24.1 Å². The lowest BCUT2D eigenvalue weighted by molar-refractivity contribution is 0.0589. The number of carbonyl (C=O) groups excluding carboxylic acids is 1. The summed E-state index contributed by atoms with van der Waals surface area (Å²) in [6.07, 6.45) is 4.15. The first kappa shape index (κ1) is 34.1. The highest BCUT2D eigenvalue weighted by Crippen LogP contribution is 2.42. The van der Waals surface area contributed by atoms with Crippen molar-refractivity contribution < 1.29 is 19.7 Å². The molecule has 0 radical (unpaired) electrons. The van der Waals surface area contributed by atoms with Crippen LogP contribution in [-0.4, -0.2) is 66.0 Å². The Kier molecular flexibility index (Phi) is 9.94. The molecule has 0 unspecified atom stereocenters. The number of aliphatic hydroxyl groups is 1. The van der Waals surface area contributed by atoms with E-state index in [1.54, 1.807) is 11.8 Å². The smallest absolute Gasteiger partial charge is 0.354 e. The molecule has 0 amide bonds. The minimum Gasteiger partial charge on any atom is -0.508 e. The van der Waals surface area contributed by atoms with Crippen molar-refractivity contribution in [2.45, 2.75) is 62.8 Å². The molecule has 0 saturated carbocycles. The van der Waals surface area contributed by atoms with Gasteiger partial charge in [-0.15, -0.1) is 11.8 Å². The van der Waals surface area contributed by atoms with Gasteiger partial charge in [0.1, 0.15) is 11.4 Å². The number of methoxy groups -OCH3 is 1. The van der Waals surface area contributed by atoms with Gasteiger partial charge in [-0.3, -0.25) is 14.3 Å². The van der Waals surface area contributed by atoms with Gasteiger partial charge in [0.05, 0.1) is 29.0 Å². The van der Waals surface area contributed by atoms with Crippen molar-refractivity contribution in [3.05, 3.63) is 80.5 Å². The van der Waals surface area contributed by atoms with Crippen molar-refractivity contribution in [3.8, 4) is 16.9 Å². The molecular formula is C36H43ClN6O4S. The van der Waals surface area contributed by atoms with Gasteiger partial charge in [0.25, 0.3) is 0 Å². The van der Waals surface area contributed by atoms with Gasteiger partial charge < -0.3 is 19.5 Å². The fourth-order valence-electron chi connectivity index (χ4n) is 7.08. The van der Waals surface area contributed by atoms with E-state index in [1.165, 1.54) is 12.7 Å². The van der Waals surface area contributed by atoms with Crippen molar-refractivity contribution in [3.63, 3.8) is 0 Å². The maximum atomic E-state index is 13.0. The average Bonchev–Trinajstić information content (AvgIpc) is 3.80. The Morgan fingerprint density at radius 2 is 1.88 bits per heavy atom. The van der Waals surface area contributed by atoms with E-state index < -0.39 is 5.97 Å². The molecule has 2 N–H and O–H groups in total. The predicted octanol–water partition coefficient (Wildman–Crippen LogP) is 6.10. The van der Waals surface area contributed by atoms with Crippen molar-refractivity contribution in [1.82, 2.24) is 29.0 Å². The van der Waals surface area contributed by atoms with Crippen molar-refractivity contribution in [2.24, 2.45) is 21.1 Å². The number of ether oxygens (including phenoxy) is 1. The highest BCUT2D eigenvalue weighted by molar-refractivity contribution is 7.98. The molecule has 0 saturated heterocycles. The lowest BCUT2D eigenvalue weighted by Gasteiger charge is -2.16. The fraction of sp³-hybridized carbons (Fsp3) is 0.417. The Balaban J connectivity index is 1.27. The number of halogens is 1. The lowest BCUT2D eigenvalue weighted by atomic mass is 9.98. The number of thioether (sulfide) groups is 1. The molecule has 1 aliphatic carbocycles. The Bertz CT molecular complexity index is 2010. The van der Waals surface area contributed by atoms with Gasteiger partial charge in [-0.25, -0.2) is 4.79 Å². The second-order valence-electron chi connectivity index (χ2n) is 12.7. The molecule has 12 heteroatoms. The van der Waals surface area contributed by atoms with E-state index in [9.17, 15) is 15.0 Å². The maximum absolute atomic E-state index is 13.0. The first-order chi connectivity index (χ1) is 23.0. The molecule has 0 aliphatic heterocycles. The van der Waals surface area contributed by atoms with E-state index >= 15 is 0 Å². The van der Waals surface area contributed by atoms with Gasteiger partial charge >= 0.3 is 5.97 Å². The van der Waals surface area contributed by atoms with Gasteiger partial charge in [-0.05, 0) is 87.0 Å². The lowest BCUT2D eigenvalue weighted by Crippen LogP contribution is -2.18. The molecule has 0 fully saturated rings. The standard InChI is InChI=1S/C36H43ClN6O4S/c1-21-32(33-29(37)13-12-28-27(11-8-14-44)35(36(46)47-6)41(3)34(28)33)30(39-42(21)4)19-40(2)18-23-16-24(43(5)38-23)20-48-25-15-22-9-7-10-26(22)31(45)17-25/h12-13,15-17,44-45H,7-11,14,18-20H2,1-6H3. The summed E-state index contributed by atoms with van der Waals surface area (Å²) in [7, 11) is 9.19. The summed E-state index contributed by atoms with van der Waals surface area (Å²) >= 11 is 8.71. The van der Waals surface area contributed by atoms with E-state index in [0.717, 1.165) is 85.8 Å². The van der Waals surface area contributed by atoms with Gasteiger partial charge in [-0.2, -0.15) is 10.2 Å². The largest absolute Gasteiger partial charge is 0.508 e. The van der Waals surface area contributed by atoms with E-state index in [4.69, 9.17) is 26.5 Å². The summed E-state index contributed by atoms with van der Waals surface area (Å²) in [4.78, 5) is 16.3. The number of aryl methyl sites for hydroxylation is 5. The van der Waals surface area contributed by atoms with Crippen LogP contribution < -0.4 is 0 Å².